The van der Waals surface area contributed by atoms with Gasteiger partial charge in [-0.3, -0.25) is 4.79 Å². The van der Waals surface area contributed by atoms with E-state index in [4.69, 9.17) is 22.1 Å². The van der Waals surface area contributed by atoms with E-state index in [1.807, 2.05) is 0 Å². The Morgan fingerprint density at radius 3 is 3.05 bits per heavy atom. The van der Waals surface area contributed by atoms with Gasteiger partial charge in [0, 0.05) is 13.7 Å². The Morgan fingerprint density at radius 2 is 2.38 bits per heavy atom. The van der Waals surface area contributed by atoms with Crippen molar-refractivity contribution in [1.82, 2.24) is 14.8 Å². The molecule has 7 nitrogen and oxygen atoms in total. The highest BCUT2D eigenvalue weighted by atomic mass is 35.5. The molecule has 8 heteroatoms. The summed E-state index contributed by atoms with van der Waals surface area (Å²) in [6.07, 6.45) is 3.32. The standard InChI is InChI=1S/C13H16ClN5O2/c1-21-6-5-10(15)13(20)18-11-4-2-3-9(14)12(11)19-8-16-7-17-19/h2-4,7-8,10H,5-6,15H2,1H3,(H,18,20). The molecule has 21 heavy (non-hydrogen) atoms. The van der Waals surface area contributed by atoms with Crippen LogP contribution >= 0.6 is 11.6 Å². The van der Waals surface area contributed by atoms with Crippen LogP contribution in [0.15, 0.2) is 30.9 Å². The molecule has 1 aromatic heterocycles. The summed E-state index contributed by atoms with van der Waals surface area (Å²) in [7, 11) is 1.56. The van der Waals surface area contributed by atoms with Crippen LogP contribution in [0.3, 0.4) is 0 Å². The maximum atomic E-state index is 12.1. The maximum Gasteiger partial charge on any atom is 0.241 e. The predicted molar refractivity (Wildman–Crippen MR) is 79.5 cm³/mol. The van der Waals surface area contributed by atoms with Crippen molar-refractivity contribution in [3.05, 3.63) is 35.9 Å². The SMILES string of the molecule is COCCC(N)C(=O)Nc1cccc(Cl)c1-n1cncn1. The van der Waals surface area contributed by atoms with Crippen LogP contribution in [-0.2, 0) is 9.53 Å². The maximum absolute atomic E-state index is 12.1. The zero-order valence-electron chi connectivity index (χ0n) is 11.5. The first-order valence-corrected chi connectivity index (χ1v) is 6.70. The molecule has 0 radical (unpaired) electrons. The van der Waals surface area contributed by atoms with E-state index in [0.29, 0.717) is 29.4 Å². The topological polar surface area (TPSA) is 95.1 Å². The van der Waals surface area contributed by atoms with Crippen LogP contribution in [0.25, 0.3) is 5.69 Å². The van der Waals surface area contributed by atoms with E-state index in [1.165, 1.54) is 17.3 Å². The third kappa shape index (κ3) is 3.78. The van der Waals surface area contributed by atoms with Crippen LogP contribution in [0, 0.1) is 0 Å². The predicted octanol–water partition coefficient (Wildman–Crippen LogP) is 1.22. The summed E-state index contributed by atoms with van der Waals surface area (Å²) in [4.78, 5) is 15.9. The minimum atomic E-state index is -0.660. The van der Waals surface area contributed by atoms with Crippen molar-refractivity contribution in [2.75, 3.05) is 19.0 Å². The summed E-state index contributed by atoms with van der Waals surface area (Å²) in [5, 5.41) is 7.23. The van der Waals surface area contributed by atoms with Gasteiger partial charge in [0.2, 0.25) is 5.91 Å². The molecule has 3 N–H and O–H groups in total. The lowest BCUT2D eigenvalue weighted by molar-refractivity contribution is -0.117. The van der Waals surface area contributed by atoms with E-state index >= 15 is 0 Å². The Morgan fingerprint density at radius 1 is 1.57 bits per heavy atom. The highest BCUT2D eigenvalue weighted by Gasteiger charge is 2.17. The molecular weight excluding hydrogens is 294 g/mol. The number of hydrogen-bond donors (Lipinski definition) is 2. The summed E-state index contributed by atoms with van der Waals surface area (Å²) in [6, 6.07) is 4.51. The second-order valence-corrected chi connectivity index (χ2v) is 4.76. The first-order chi connectivity index (χ1) is 10.1. The molecule has 0 aliphatic rings. The molecule has 2 aromatic rings. The molecule has 0 saturated heterocycles. The Labute approximate surface area is 127 Å². The van der Waals surface area contributed by atoms with Crippen molar-refractivity contribution in [2.45, 2.75) is 12.5 Å². The summed E-state index contributed by atoms with van der Waals surface area (Å²) in [5.74, 6) is -0.310. The molecule has 1 amide bonds. The Kier molecular flexibility index (Phi) is 5.26. The molecule has 1 unspecified atom stereocenters. The highest BCUT2D eigenvalue weighted by Crippen LogP contribution is 2.27. The fourth-order valence-corrected chi connectivity index (χ4v) is 2.04. The monoisotopic (exact) mass is 309 g/mol. The van der Waals surface area contributed by atoms with Crippen molar-refractivity contribution >= 4 is 23.2 Å². The summed E-state index contributed by atoms with van der Waals surface area (Å²) >= 11 is 6.18. The number of nitrogens with zero attached hydrogens (tertiary/aromatic N) is 3. The van der Waals surface area contributed by atoms with Crippen molar-refractivity contribution in [1.29, 1.82) is 0 Å². The summed E-state index contributed by atoms with van der Waals surface area (Å²) in [5.41, 5.74) is 6.86. The quantitative estimate of drug-likeness (QED) is 0.836. The van der Waals surface area contributed by atoms with Gasteiger partial charge in [0.1, 0.15) is 18.3 Å². The van der Waals surface area contributed by atoms with Gasteiger partial charge in [0.05, 0.1) is 16.8 Å². The van der Waals surface area contributed by atoms with Crippen molar-refractivity contribution in [2.24, 2.45) is 5.73 Å². The Bertz CT molecular complexity index is 603. The van der Waals surface area contributed by atoms with Crippen LogP contribution in [-0.4, -0.2) is 40.4 Å². The number of amides is 1. The minimum absolute atomic E-state index is 0.310. The van der Waals surface area contributed by atoms with Crippen LogP contribution in [0.1, 0.15) is 6.42 Å². The molecule has 0 bridgehead atoms. The van der Waals surface area contributed by atoms with Crippen molar-refractivity contribution in [3.8, 4) is 5.69 Å². The van der Waals surface area contributed by atoms with E-state index in [2.05, 4.69) is 15.4 Å². The number of nitrogens with one attached hydrogen (secondary N) is 1. The molecule has 1 aromatic carbocycles. The molecule has 112 valence electrons. The van der Waals surface area contributed by atoms with Gasteiger partial charge in [-0.2, -0.15) is 5.10 Å². The lowest BCUT2D eigenvalue weighted by atomic mass is 10.2. The van der Waals surface area contributed by atoms with Gasteiger partial charge in [-0.15, -0.1) is 0 Å². The number of halogens is 1. The number of aromatic nitrogens is 3. The number of hydrogen-bond acceptors (Lipinski definition) is 5. The van der Waals surface area contributed by atoms with E-state index < -0.39 is 6.04 Å². The molecule has 1 atom stereocenters. The van der Waals surface area contributed by atoms with Crippen LogP contribution < -0.4 is 11.1 Å². The number of anilines is 1. The van der Waals surface area contributed by atoms with Gasteiger partial charge in [-0.25, -0.2) is 9.67 Å². The van der Waals surface area contributed by atoms with Crippen LogP contribution in [0.2, 0.25) is 5.02 Å². The number of methoxy groups -OCH3 is 1. The molecule has 0 aliphatic heterocycles. The second kappa shape index (κ2) is 7.16. The smallest absolute Gasteiger partial charge is 0.241 e. The molecule has 0 fully saturated rings. The van der Waals surface area contributed by atoms with Gasteiger partial charge >= 0.3 is 0 Å². The molecule has 0 saturated carbocycles. The second-order valence-electron chi connectivity index (χ2n) is 4.35. The minimum Gasteiger partial charge on any atom is -0.385 e. The summed E-state index contributed by atoms with van der Waals surface area (Å²) < 4.78 is 6.40. The number of nitrogens with two attached hydrogens (primary N) is 1. The number of carbonyl (C=O) groups is 1. The lowest BCUT2D eigenvalue weighted by Crippen LogP contribution is -2.36. The zero-order valence-corrected chi connectivity index (χ0v) is 12.2. The lowest BCUT2D eigenvalue weighted by Gasteiger charge is -2.15. The number of benzene rings is 1. The van der Waals surface area contributed by atoms with Gasteiger partial charge < -0.3 is 15.8 Å². The van der Waals surface area contributed by atoms with Gasteiger partial charge in [0.25, 0.3) is 0 Å². The molecule has 1 heterocycles. The first kappa shape index (κ1) is 15.4. The number of para-hydroxylation sites is 1. The fourth-order valence-electron chi connectivity index (χ4n) is 1.77. The number of carbonyl (C=O) groups excluding carboxylic acids is 1. The molecule has 2 rings (SSSR count). The van der Waals surface area contributed by atoms with E-state index in [1.54, 1.807) is 25.3 Å². The fraction of sp³-hybridized carbons (Fsp3) is 0.308. The van der Waals surface area contributed by atoms with E-state index in [0.717, 1.165) is 0 Å². The Balaban J connectivity index is 2.21. The molecular formula is C13H16ClN5O2. The highest BCUT2D eigenvalue weighted by molar-refractivity contribution is 6.33. The molecule has 0 aliphatic carbocycles. The number of rotatable bonds is 6. The van der Waals surface area contributed by atoms with Crippen LogP contribution in [0.4, 0.5) is 5.69 Å². The average molecular weight is 310 g/mol. The van der Waals surface area contributed by atoms with E-state index in [9.17, 15) is 4.79 Å². The van der Waals surface area contributed by atoms with Gasteiger partial charge in [-0.1, -0.05) is 17.7 Å². The normalized spacial score (nSPS) is 12.1. The van der Waals surface area contributed by atoms with Gasteiger partial charge in [-0.05, 0) is 18.6 Å². The third-order valence-corrected chi connectivity index (χ3v) is 3.17. The zero-order chi connectivity index (χ0) is 15.2. The first-order valence-electron chi connectivity index (χ1n) is 6.32. The third-order valence-electron chi connectivity index (χ3n) is 2.86. The number of ether oxygens (including phenoxy) is 1. The Hall–Kier alpha value is -1.96. The van der Waals surface area contributed by atoms with Crippen molar-refractivity contribution in [3.63, 3.8) is 0 Å². The van der Waals surface area contributed by atoms with Crippen LogP contribution in [0.5, 0.6) is 0 Å². The average Bonchev–Trinajstić information content (AvgIpc) is 2.98. The largest absolute Gasteiger partial charge is 0.385 e. The van der Waals surface area contributed by atoms with Gasteiger partial charge in [0.15, 0.2) is 0 Å². The summed E-state index contributed by atoms with van der Waals surface area (Å²) in [6.45, 7) is 0.417. The van der Waals surface area contributed by atoms with E-state index in [-0.39, 0.29) is 5.91 Å². The molecule has 0 spiro atoms. The van der Waals surface area contributed by atoms with Crippen molar-refractivity contribution < 1.29 is 9.53 Å².